The minimum Gasteiger partial charge on any atom is -0.392 e. The van der Waals surface area contributed by atoms with Crippen molar-refractivity contribution < 1.29 is 18.0 Å². The Labute approximate surface area is 121 Å². The van der Waals surface area contributed by atoms with E-state index in [-0.39, 0.29) is 24.0 Å². The van der Waals surface area contributed by atoms with Gasteiger partial charge in [0.1, 0.15) is 0 Å². The number of halogens is 3. The maximum absolute atomic E-state index is 12.5. The third kappa shape index (κ3) is 3.06. The fourth-order valence-corrected chi connectivity index (χ4v) is 3.05. The summed E-state index contributed by atoms with van der Waals surface area (Å²) < 4.78 is 36.9. The van der Waals surface area contributed by atoms with Crippen LogP contribution in [-0.4, -0.2) is 59.6 Å². The van der Waals surface area contributed by atoms with Crippen LogP contribution in [0.1, 0.15) is 19.3 Å². The average molecular weight is 309 g/mol. The van der Waals surface area contributed by atoms with Crippen LogP contribution in [0.15, 0.2) is 0 Å². The van der Waals surface area contributed by atoms with E-state index in [0.29, 0.717) is 25.9 Å². The second-order valence-electron chi connectivity index (χ2n) is 5.48. The Morgan fingerprint density at radius 1 is 1.20 bits per heavy atom. The first-order valence-corrected chi connectivity index (χ1v) is 7.04. The van der Waals surface area contributed by atoms with E-state index in [9.17, 15) is 18.0 Å². The number of rotatable bonds is 3. The molecule has 1 aliphatic heterocycles. The van der Waals surface area contributed by atoms with Gasteiger partial charge in [0.25, 0.3) is 0 Å². The summed E-state index contributed by atoms with van der Waals surface area (Å²) in [6.07, 6.45) is -1.97. The van der Waals surface area contributed by atoms with Crippen LogP contribution in [0, 0.1) is 5.41 Å². The minimum atomic E-state index is -4.19. The van der Waals surface area contributed by atoms with Crippen molar-refractivity contribution in [3.63, 3.8) is 0 Å². The van der Waals surface area contributed by atoms with Gasteiger partial charge in [0.05, 0.1) is 16.9 Å². The molecule has 2 rings (SSSR count). The van der Waals surface area contributed by atoms with Gasteiger partial charge >= 0.3 is 6.18 Å². The quantitative estimate of drug-likeness (QED) is 0.795. The Bertz CT molecular complexity index is 401. The van der Waals surface area contributed by atoms with E-state index in [0.717, 1.165) is 6.42 Å². The third-order valence-corrected chi connectivity index (χ3v) is 4.54. The number of alkyl halides is 3. The highest BCUT2D eigenvalue weighted by Crippen LogP contribution is 2.43. The number of carbonyl (C=O) groups is 1. The number of carbonyl (C=O) groups excluding carboxylic acids is 1. The van der Waals surface area contributed by atoms with E-state index in [1.807, 2.05) is 0 Å². The van der Waals surface area contributed by atoms with Gasteiger partial charge in [-0.3, -0.25) is 9.69 Å². The normalized spacial score (nSPS) is 23.2. The van der Waals surface area contributed by atoms with Gasteiger partial charge in [0.2, 0.25) is 5.91 Å². The fraction of sp³-hybridized carbons (Fsp3) is 0.833. The number of nitrogens with zero attached hydrogens (tertiary/aromatic N) is 2. The van der Waals surface area contributed by atoms with Crippen LogP contribution in [0.3, 0.4) is 0 Å². The summed E-state index contributed by atoms with van der Waals surface area (Å²) in [4.78, 5) is 15.6. The molecule has 2 fully saturated rings. The number of amides is 1. The van der Waals surface area contributed by atoms with Gasteiger partial charge in [0, 0.05) is 26.2 Å². The molecule has 0 radical (unpaired) electrons. The van der Waals surface area contributed by atoms with Crippen LogP contribution in [0.4, 0.5) is 13.2 Å². The first-order valence-electron chi connectivity index (χ1n) is 6.63. The summed E-state index contributed by atoms with van der Waals surface area (Å²) in [6, 6.07) is 0. The van der Waals surface area contributed by atoms with Crippen molar-refractivity contribution >= 4 is 23.1 Å². The lowest BCUT2D eigenvalue weighted by molar-refractivity contribution is -0.154. The summed E-state index contributed by atoms with van der Waals surface area (Å²) in [5, 5.41) is 0. The zero-order valence-electron chi connectivity index (χ0n) is 11.1. The molecule has 0 atom stereocenters. The summed E-state index contributed by atoms with van der Waals surface area (Å²) >= 11 is 4.99. The summed E-state index contributed by atoms with van der Waals surface area (Å²) in [5.74, 6) is -0.108. The molecule has 0 aromatic carbocycles. The van der Waals surface area contributed by atoms with E-state index in [4.69, 9.17) is 18.0 Å². The van der Waals surface area contributed by atoms with Crippen molar-refractivity contribution in [2.75, 3.05) is 32.7 Å². The average Bonchev–Trinajstić information content (AvgIpc) is 2.25. The van der Waals surface area contributed by atoms with Gasteiger partial charge in [0.15, 0.2) is 0 Å². The lowest BCUT2D eigenvalue weighted by Gasteiger charge is -2.45. The largest absolute Gasteiger partial charge is 0.401 e. The molecular formula is C12H18F3N3OS. The maximum atomic E-state index is 12.5. The molecular weight excluding hydrogens is 291 g/mol. The van der Waals surface area contributed by atoms with Crippen molar-refractivity contribution in [1.82, 2.24) is 9.80 Å². The number of piperazine rings is 1. The first kappa shape index (κ1) is 15.5. The van der Waals surface area contributed by atoms with Gasteiger partial charge in [-0.15, -0.1) is 0 Å². The summed E-state index contributed by atoms with van der Waals surface area (Å²) in [5.41, 5.74) is 4.94. The molecule has 1 heterocycles. The first-order chi connectivity index (χ1) is 9.24. The van der Waals surface area contributed by atoms with Crippen molar-refractivity contribution in [2.24, 2.45) is 11.1 Å². The predicted octanol–water partition coefficient (Wildman–Crippen LogP) is 1.15. The van der Waals surface area contributed by atoms with Crippen molar-refractivity contribution in [3.8, 4) is 0 Å². The Hall–Kier alpha value is -0.890. The Morgan fingerprint density at radius 2 is 1.75 bits per heavy atom. The summed E-state index contributed by atoms with van der Waals surface area (Å²) in [6.45, 7) is 0.158. The highest BCUT2D eigenvalue weighted by Gasteiger charge is 2.49. The van der Waals surface area contributed by atoms with Crippen LogP contribution in [0.25, 0.3) is 0 Å². The van der Waals surface area contributed by atoms with E-state index in [2.05, 4.69) is 0 Å². The van der Waals surface area contributed by atoms with Gasteiger partial charge in [-0.25, -0.2) is 0 Å². The second kappa shape index (κ2) is 5.48. The molecule has 0 bridgehead atoms. The van der Waals surface area contributed by atoms with E-state index < -0.39 is 18.1 Å². The van der Waals surface area contributed by atoms with Crippen molar-refractivity contribution in [2.45, 2.75) is 25.4 Å². The van der Waals surface area contributed by atoms with E-state index >= 15 is 0 Å². The zero-order valence-corrected chi connectivity index (χ0v) is 11.9. The lowest BCUT2D eigenvalue weighted by atomic mass is 9.67. The highest BCUT2D eigenvalue weighted by molar-refractivity contribution is 7.80. The predicted molar refractivity (Wildman–Crippen MR) is 72.1 cm³/mol. The van der Waals surface area contributed by atoms with Gasteiger partial charge in [-0.1, -0.05) is 18.6 Å². The monoisotopic (exact) mass is 309 g/mol. The van der Waals surface area contributed by atoms with Crippen LogP contribution >= 0.6 is 12.2 Å². The molecule has 4 nitrogen and oxygen atoms in total. The number of thiocarbonyl (C=S) groups is 1. The third-order valence-electron chi connectivity index (χ3n) is 4.15. The molecule has 114 valence electrons. The standard InChI is InChI=1S/C12H18F3N3OS/c13-12(14,15)8-17-4-6-18(7-5-17)10(19)11(9(16)20)2-1-3-11/h1-8H2,(H2,16,20). The molecule has 0 spiro atoms. The maximum Gasteiger partial charge on any atom is 0.401 e. The SMILES string of the molecule is NC(=S)C1(C(=O)N2CCN(CC(F)(F)F)CC2)CCC1. The van der Waals surface area contributed by atoms with Gasteiger partial charge in [-0.2, -0.15) is 13.2 Å². The molecule has 2 N–H and O–H groups in total. The second-order valence-corrected chi connectivity index (χ2v) is 5.92. The van der Waals surface area contributed by atoms with Gasteiger partial charge in [-0.05, 0) is 12.8 Å². The minimum absolute atomic E-state index is 0.108. The van der Waals surface area contributed by atoms with E-state index in [1.165, 1.54) is 4.90 Å². The van der Waals surface area contributed by atoms with Gasteiger partial charge < -0.3 is 10.6 Å². The molecule has 1 saturated heterocycles. The summed E-state index contributed by atoms with van der Waals surface area (Å²) in [7, 11) is 0. The number of hydrogen-bond acceptors (Lipinski definition) is 3. The number of nitrogens with two attached hydrogens (primary N) is 1. The smallest absolute Gasteiger partial charge is 0.392 e. The van der Waals surface area contributed by atoms with Crippen LogP contribution in [-0.2, 0) is 4.79 Å². The Morgan fingerprint density at radius 3 is 2.10 bits per heavy atom. The van der Waals surface area contributed by atoms with Crippen molar-refractivity contribution in [3.05, 3.63) is 0 Å². The molecule has 1 saturated carbocycles. The fourth-order valence-electron chi connectivity index (χ4n) is 2.76. The molecule has 1 aliphatic carbocycles. The van der Waals surface area contributed by atoms with E-state index in [1.54, 1.807) is 4.90 Å². The van der Waals surface area contributed by atoms with Crippen LogP contribution < -0.4 is 5.73 Å². The highest BCUT2D eigenvalue weighted by atomic mass is 32.1. The van der Waals surface area contributed by atoms with Crippen LogP contribution in [0.5, 0.6) is 0 Å². The van der Waals surface area contributed by atoms with Crippen molar-refractivity contribution in [1.29, 1.82) is 0 Å². The lowest BCUT2D eigenvalue weighted by Crippen LogP contribution is -2.59. The zero-order chi connectivity index (χ0) is 15.0. The molecule has 20 heavy (non-hydrogen) atoms. The number of hydrogen-bond donors (Lipinski definition) is 1. The molecule has 0 unspecified atom stereocenters. The topological polar surface area (TPSA) is 49.6 Å². The molecule has 0 aromatic heterocycles. The molecule has 2 aliphatic rings. The molecule has 8 heteroatoms. The molecule has 0 aromatic rings. The van der Waals surface area contributed by atoms with Crippen LogP contribution in [0.2, 0.25) is 0 Å². The Kier molecular flexibility index (Phi) is 4.24. The Balaban J connectivity index is 1.91. The molecule has 1 amide bonds.